The molecule has 0 saturated heterocycles. The van der Waals surface area contributed by atoms with Crippen LogP contribution < -0.4 is 10.6 Å². The lowest BCUT2D eigenvalue weighted by molar-refractivity contribution is -0.124. The van der Waals surface area contributed by atoms with E-state index in [1.54, 1.807) is 0 Å². The quantitative estimate of drug-likeness (QED) is 0.382. The summed E-state index contributed by atoms with van der Waals surface area (Å²) in [4.78, 5) is 31.8. The number of ketones is 1. The Morgan fingerprint density at radius 3 is 1.60 bits per heavy atom. The van der Waals surface area contributed by atoms with Gasteiger partial charge in [0.2, 0.25) is 11.8 Å². The zero-order valence-electron chi connectivity index (χ0n) is 12.9. The van der Waals surface area contributed by atoms with Gasteiger partial charge in [-0.2, -0.15) is 16.8 Å². The second-order valence-electron chi connectivity index (χ2n) is 4.90. The fourth-order valence-corrected chi connectivity index (χ4v) is 3.10. The Morgan fingerprint density at radius 2 is 1.28 bits per heavy atom. The summed E-state index contributed by atoms with van der Waals surface area (Å²) in [7, 11) is -9.89. The Balaban J connectivity index is 3.66. The minimum atomic E-state index is -4.96. The first-order chi connectivity index (χ1) is 11.2. The Bertz CT molecular complexity index is 949. The van der Waals surface area contributed by atoms with Crippen molar-refractivity contribution >= 4 is 49.2 Å². The molecule has 0 radical (unpaired) electrons. The van der Waals surface area contributed by atoms with Crippen LogP contribution in [0.3, 0.4) is 0 Å². The first-order valence-electron chi connectivity index (χ1n) is 6.41. The molecule has 1 rings (SSSR count). The lowest BCUT2D eigenvalue weighted by Crippen LogP contribution is -2.19. The van der Waals surface area contributed by atoms with Crippen molar-refractivity contribution in [2.45, 2.75) is 30.1 Å². The predicted octanol–water partition coefficient (Wildman–Crippen LogP) is 0.0560. The molecule has 0 heterocycles. The summed E-state index contributed by atoms with van der Waals surface area (Å²) in [6.07, 6.45) is -0.639. The summed E-state index contributed by atoms with van der Waals surface area (Å²) in [6, 6.07) is 1.07. The van der Waals surface area contributed by atoms with E-state index in [1.807, 2.05) is 10.6 Å². The zero-order valence-corrected chi connectivity index (χ0v) is 14.6. The van der Waals surface area contributed by atoms with E-state index in [9.17, 15) is 40.3 Å². The summed E-state index contributed by atoms with van der Waals surface area (Å²) >= 11 is 0. The molecule has 4 N–H and O–H groups in total. The second kappa shape index (κ2) is 7.26. The molecule has 0 aliphatic heterocycles. The van der Waals surface area contributed by atoms with Crippen LogP contribution in [-0.2, 0) is 34.6 Å². The molecule has 0 aliphatic rings. The van der Waals surface area contributed by atoms with Gasteiger partial charge in [0.25, 0.3) is 20.2 Å². The van der Waals surface area contributed by atoms with E-state index in [4.69, 9.17) is 0 Å². The van der Waals surface area contributed by atoms with E-state index in [2.05, 4.69) is 0 Å². The second-order valence-corrected chi connectivity index (χ2v) is 7.68. The number of Topliss-reactive ketones (excluding diaryl/α,β-unsaturated/α-hetero) is 1. The Hall–Kier alpha value is -2.35. The van der Waals surface area contributed by atoms with E-state index >= 15 is 0 Å². The minimum absolute atomic E-state index is 0.530. The number of benzene rings is 1. The van der Waals surface area contributed by atoms with Crippen LogP contribution >= 0.6 is 0 Å². The molecule has 0 bridgehead atoms. The average molecular weight is 394 g/mol. The van der Waals surface area contributed by atoms with Crippen molar-refractivity contribution in [3.63, 3.8) is 0 Å². The topological polar surface area (TPSA) is 184 Å². The fourth-order valence-electron chi connectivity index (χ4n) is 1.79. The van der Waals surface area contributed by atoms with Crippen LogP contribution in [0.4, 0.5) is 11.4 Å². The molecule has 1 aromatic carbocycles. The monoisotopic (exact) mass is 394 g/mol. The lowest BCUT2D eigenvalue weighted by Gasteiger charge is -2.14. The highest BCUT2D eigenvalue weighted by Gasteiger charge is 2.25. The number of hydrogen-bond acceptors (Lipinski definition) is 7. The molecule has 13 heteroatoms. The molecule has 25 heavy (non-hydrogen) atoms. The Morgan fingerprint density at radius 1 is 0.880 bits per heavy atom. The van der Waals surface area contributed by atoms with Gasteiger partial charge >= 0.3 is 0 Å². The van der Waals surface area contributed by atoms with Gasteiger partial charge in [-0.15, -0.1) is 0 Å². The summed E-state index contributed by atoms with van der Waals surface area (Å²) in [5.41, 5.74) is -1.33. The maximum Gasteiger partial charge on any atom is 0.296 e. The van der Waals surface area contributed by atoms with Crippen LogP contribution in [0.25, 0.3) is 0 Å². The van der Waals surface area contributed by atoms with Crippen molar-refractivity contribution in [2.24, 2.45) is 0 Å². The molecule has 0 saturated carbocycles. The van der Waals surface area contributed by atoms with Gasteiger partial charge < -0.3 is 10.6 Å². The summed E-state index contributed by atoms with van der Waals surface area (Å²) < 4.78 is 64.3. The van der Waals surface area contributed by atoms with Crippen LogP contribution in [0.15, 0.2) is 21.9 Å². The van der Waals surface area contributed by atoms with E-state index in [0.29, 0.717) is 12.1 Å². The number of anilines is 2. The third-order valence-electron chi connectivity index (χ3n) is 2.63. The first kappa shape index (κ1) is 20.7. The molecule has 0 spiro atoms. The standard InChI is InChI=1S/C12H14N2O9S2/c1-6(15)3-12(17)14-9-5-10(24(18,19)20)8(13-7(2)16)4-11(9)25(21,22)23/h4-5H,3H2,1-2H3,(H,13,16)(H,14,17)(H,18,19,20)(H,21,22,23). The van der Waals surface area contributed by atoms with Crippen molar-refractivity contribution in [2.75, 3.05) is 10.6 Å². The normalized spacial score (nSPS) is 11.7. The van der Waals surface area contributed by atoms with Crippen molar-refractivity contribution in [3.05, 3.63) is 12.1 Å². The lowest BCUT2D eigenvalue weighted by atomic mass is 10.2. The molecule has 1 aromatic rings. The van der Waals surface area contributed by atoms with Gasteiger partial charge in [0, 0.05) is 6.92 Å². The third kappa shape index (κ3) is 5.90. The van der Waals surface area contributed by atoms with Gasteiger partial charge in [0.1, 0.15) is 15.6 Å². The smallest absolute Gasteiger partial charge is 0.296 e. The van der Waals surface area contributed by atoms with Crippen molar-refractivity contribution in [1.29, 1.82) is 0 Å². The highest BCUT2D eigenvalue weighted by molar-refractivity contribution is 7.86. The molecular weight excluding hydrogens is 380 g/mol. The highest BCUT2D eigenvalue weighted by Crippen LogP contribution is 2.32. The summed E-state index contributed by atoms with van der Waals surface area (Å²) in [5, 5.41) is 3.94. The molecule has 0 aromatic heterocycles. The molecule has 2 amide bonds. The van der Waals surface area contributed by atoms with Crippen molar-refractivity contribution in [1.82, 2.24) is 0 Å². The first-order valence-corrected chi connectivity index (χ1v) is 9.29. The molecule has 11 nitrogen and oxygen atoms in total. The number of amides is 2. The molecule has 0 fully saturated rings. The van der Waals surface area contributed by atoms with Crippen LogP contribution in [-0.4, -0.2) is 43.5 Å². The van der Waals surface area contributed by atoms with Gasteiger partial charge in [0.15, 0.2) is 0 Å². The van der Waals surface area contributed by atoms with Crippen molar-refractivity contribution < 1.29 is 40.3 Å². The van der Waals surface area contributed by atoms with E-state index in [0.717, 1.165) is 13.8 Å². The van der Waals surface area contributed by atoms with Crippen molar-refractivity contribution in [3.8, 4) is 0 Å². The average Bonchev–Trinajstić information content (AvgIpc) is 2.35. The molecule has 0 atom stereocenters. The van der Waals surface area contributed by atoms with Gasteiger partial charge in [-0.1, -0.05) is 0 Å². The fraction of sp³-hybridized carbons (Fsp3) is 0.250. The third-order valence-corrected chi connectivity index (χ3v) is 4.42. The molecule has 0 aliphatic carbocycles. The summed E-state index contributed by atoms with van der Waals surface area (Å²) in [5.74, 6) is -2.33. The van der Waals surface area contributed by atoms with Crippen LogP contribution in [0, 0.1) is 0 Å². The zero-order chi connectivity index (χ0) is 19.6. The minimum Gasteiger partial charge on any atom is -0.325 e. The number of rotatable bonds is 6. The number of carbonyl (C=O) groups is 3. The maximum absolute atomic E-state index is 11.6. The SMILES string of the molecule is CC(=O)CC(=O)Nc1cc(S(=O)(=O)O)c(NC(C)=O)cc1S(=O)(=O)O. The van der Waals surface area contributed by atoms with Gasteiger partial charge in [-0.3, -0.25) is 23.5 Å². The molecule has 138 valence electrons. The Kier molecular flexibility index (Phi) is 6.01. The number of carbonyl (C=O) groups excluding carboxylic acids is 3. The summed E-state index contributed by atoms with van der Waals surface area (Å²) in [6.45, 7) is 2.08. The van der Waals surface area contributed by atoms with E-state index < -0.39 is 65.4 Å². The molecular formula is C12H14N2O9S2. The molecule has 0 unspecified atom stereocenters. The van der Waals surface area contributed by atoms with E-state index in [-0.39, 0.29) is 0 Å². The number of nitrogens with one attached hydrogen (secondary N) is 2. The van der Waals surface area contributed by atoms with Gasteiger partial charge in [-0.05, 0) is 19.1 Å². The number of hydrogen-bond donors (Lipinski definition) is 4. The van der Waals surface area contributed by atoms with Crippen LogP contribution in [0.1, 0.15) is 20.3 Å². The van der Waals surface area contributed by atoms with Gasteiger partial charge in [-0.25, -0.2) is 0 Å². The maximum atomic E-state index is 11.6. The van der Waals surface area contributed by atoms with E-state index in [1.165, 1.54) is 0 Å². The van der Waals surface area contributed by atoms with Crippen LogP contribution in [0.2, 0.25) is 0 Å². The highest BCUT2D eigenvalue weighted by atomic mass is 32.2. The Labute approximate surface area is 142 Å². The largest absolute Gasteiger partial charge is 0.325 e. The predicted molar refractivity (Wildman–Crippen MR) is 84.3 cm³/mol. The van der Waals surface area contributed by atoms with Gasteiger partial charge in [0.05, 0.1) is 17.8 Å². The van der Waals surface area contributed by atoms with Crippen LogP contribution in [0.5, 0.6) is 0 Å².